The molecule has 140 valence electrons. The highest BCUT2D eigenvalue weighted by molar-refractivity contribution is 5.99. The molecule has 7 nitrogen and oxygen atoms in total. The quantitative estimate of drug-likeness (QED) is 0.899. The lowest BCUT2D eigenvalue weighted by molar-refractivity contribution is -0.121. The summed E-state index contributed by atoms with van der Waals surface area (Å²) in [6.07, 6.45) is 0.574. The molecule has 0 fully saturated rings. The number of anilines is 2. The molecule has 4 rings (SSSR count). The summed E-state index contributed by atoms with van der Waals surface area (Å²) in [5.74, 6) is 1.43. The van der Waals surface area contributed by atoms with E-state index in [1.165, 1.54) is 4.90 Å². The van der Waals surface area contributed by atoms with Crippen LogP contribution < -0.4 is 24.4 Å². The number of amides is 2. The van der Waals surface area contributed by atoms with Gasteiger partial charge in [-0.3, -0.25) is 9.59 Å². The molecule has 2 heterocycles. The third kappa shape index (κ3) is 3.16. The molecule has 0 saturated heterocycles. The number of rotatable bonds is 3. The summed E-state index contributed by atoms with van der Waals surface area (Å²) in [5, 5.41) is 2.91. The number of methoxy groups -OCH3 is 1. The monoisotopic (exact) mass is 368 g/mol. The summed E-state index contributed by atoms with van der Waals surface area (Å²) in [6, 6.07) is 10.9. The first-order valence-corrected chi connectivity index (χ1v) is 8.69. The molecule has 0 aliphatic carbocycles. The van der Waals surface area contributed by atoms with E-state index in [9.17, 15) is 9.59 Å². The van der Waals surface area contributed by atoms with Crippen LogP contribution >= 0.6 is 0 Å². The van der Waals surface area contributed by atoms with E-state index in [-0.39, 0.29) is 30.9 Å². The third-order valence-electron chi connectivity index (χ3n) is 4.86. The molecule has 2 aliphatic heterocycles. The number of fused-ring (bicyclic) bond motifs is 2. The second-order valence-corrected chi connectivity index (χ2v) is 6.57. The van der Waals surface area contributed by atoms with E-state index >= 15 is 0 Å². The van der Waals surface area contributed by atoms with Gasteiger partial charge in [-0.15, -0.1) is 0 Å². The smallest absolute Gasteiger partial charge is 0.264 e. The SMILES string of the molecule is COc1cccc2c1OC[C@H](C(=O)Nc1ccc3c(c1)N(C)C(=O)CO3)C2. The Morgan fingerprint density at radius 1 is 1.26 bits per heavy atom. The maximum absolute atomic E-state index is 12.7. The Hall–Kier alpha value is -3.22. The maximum Gasteiger partial charge on any atom is 0.264 e. The van der Waals surface area contributed by atoms with E-state index < -0.39 is 0 Å². The Morgan fingerprint density at radius 2 is 2.11 bits per heavy atom. The van der Waals surface area contributed by atoms with Crippen LogP contribution in [0.1, 0.15) is 5.56 Å². The minimum absolute atomic E-state index is 0.0253. The van der Waals surface area contributed by atoms with E-state index in [0.29, 0.717) is 35.0 Å². The van der Waals surface area contributed by atoms with Crippen molar-refractivity contribution in [3.8, 4) is 17.2 Å². The first-order valence-electron chi connectivity index (χ1n) is 8.69. The van der Waals surface area contributed by atoms with Gasteiger partial charge in [-0.05, 0) is 36.2 Å². The molecule has 0 aromatic heterocycles. The highest BCUT2D eigenvalue weighted by Gasteiger charge is 2.28. The lowest BCUT2D eigenvalue weighted by Crippen LogP contribution is -2.35. The van der Waals surface area contributed by atoms with Crippen LogP contribution in [-0.4, -0.2) is 39.2 Å². The van der Waals surface area contributed by atoms with Crippen molar-refractivity contribution in [1.29, 1.82) is 0 Å². The first-order chi connectivity index (χ1) is 13.1. The van der Waals surface area contributed by atoms with Gasteiger partial charge in [-0.25, -0.2) is 0 Å². The van der Waals surface area contributed by atoms with Crippen molar-refractivity contribution < 1.29 is 23.8 Å². The molecular weight excluding hydrogens is 348 g/mol. The molecule has 2 aliphatic rings. The zero-order valence-electron chi connectivity index (χ0n) is 15.2. The average Bonchev–Trinajstić information content (AvgIpc) is 2.70. The van der Waals surface area contributed by atoms with Gasteiger partial charge in [0.2, 0.25) is 5.91 Å². The van der Waals surface area contributed by atoms with Crippen molar-refractivity contribution in [1.82, 2.24) is 0 Å². The molecule has 2 amide bonds. The van der Waals surface area contributed by atoms with Crippen molar-refractivity contribution in [2.45, 2.75) is 6.42 Å². The predicted molar refractivity (Wildman–Crippen MR) is 99.7 cm³/mol. The van der Waals surface area contributed by atoms with Crippen LogP contribution in [0.3, 0.4) is 0 Å². The normalized spacial score (nSPS) is 17.9. The molecule has 2 aromatic carbocycles. The fraction of sp³-hybridized carbons (Fsp3) is 0.300. The van der Waals surface area contributed by atoms with Crippen molar-refractivity contribution in [3.63, 3.8) is 0 Å². The summed E-state index contributed by atoms with van der Waals surface area (Å²) in [4.78, 5) is 26.0. The standard InChI is InChI=1S/C20H20N2O5/c1-22-15-9-14(6-7-16(15)26-11-18(22)23)21-20(24)13-8-12-4-3-5-17(25-2)19(12)27-10-13/h3-7,9,13H,8,10-11H2,1-2H3,(H,21,24)/t13-/m1/s1. The van der Waals surface area contributed by atoms with Crippen molar-refractivity contribution in [3.05, 3.63) is 42.0 Å². The van der Waals surface area contributed by atoms with E-state index in [4.69, 9.17) is 14.2 Å². The van der Waals surface area contributed by atoms with Crippen LogP contribution in [0.2, 0.25) is 0 Å². The van der Waals surface area contributed by atoms with Gasteiger partial charge in [0.1, 0.15) is 12.4 Å². The lowest BCUT2D eigenvalue weighted by atomic mass is 9.95. The molecule has 0 radical (unpaired) electrons. The van der Waals surface area contributed by atoms with E-state index in [1.54, 1.807) is 32.4 Å². The van der Waals surface area contributed by atoms with E-state index in [1.807, 2.05) is 18.2 Å². The molecule has 1 N–H and O–H groups in total. The van der Waals surface area contributed by atoms with Crippen molar-refractivity contribution in [2.24, 2.45) is 5.92 Å². The zero-order chi connectivity index (χ0) is 19.0. The van der Waals surface area contributed by atoms with Gasteiger partial charge in [0.05, 0.1) is 18.7 Å². The topological polar surface area (TPSA) is 77.1 Å². The summed E-state index contributed by atoms with van der Waals surface area (Å²) in [5.41, 5.74) is 2.20. The van der Waals surface area contributed by atoms with E-state index in [2.05, 4.69) is 5.32 Å². The van der Waals surface area contributed by atoms with Crippen molar-refractivity contribution >= 4 is 23.2 Å². The molecular formula is C20H20N2O5. The number of benzene rings is 2. The number of nitrogens with zero attached hydrogens (tertiary/aromatic N) is 1. The fourth-order valence-electron chi connectivity index (χ4n) is 3.32. The van der Waals surface area contributed by atoms with Gasteiger partial charge in [0.25, 0.3) is 5.91 Å². The highest BCUT2D eigenvalue weighted by atomic mass is 16.5. The van der Waals surface area contributed by atoms with Gasteiger partial charge in [-0.2, -0.15) is 0 Å². The number of likely N-dealkylation sites (N-methyl/N-ethyl adjacent to an activating group) is 1. The lowest BCUT2D eigenvalue weighted by Gasteiger charge is -2.27. The van der Waals surface area contributed by atoms with Gasteiger partial charge < -0.3 is 24.4 Å². The number of carbonyl (C=O) groups is 2. The highest BCUT2D eigenvalue weighted by Crippen LogP contribution is 2.37. The molecule has 1 atom stereocenters. The predicted octanol–water partition coefficient (Wildman–Crippen LogP) is 2.24. The van der Waals surface area contributed by atoms with Crippen LogP contribution in [0.5, 0.6) is 17.2 Å². The van der Waals surface area contributed by atoms with Crippen LogP contribution in [-0.2, 0) is 16.0 Å². The molecule has 0 unspecified atom stereocenters. The van der Waals surface area contributed by atoms with Crippen LogP contribution in [0.4, 0.5) is 11.4 Å². The van der Waals surface area contributed by atoms with Gasteiger partial charge in [-0.1, -0.05) is 12.1 Å². The van der Waals surface area contributed by atoms with Crippen LogP contribution in [0.15, 0.2) is 36.4 Å². The summed E-state index contributed by atoms with van der Waals surface area (Å²) in [6.45, 7) is 0.309. The Balaban J connectivity index is 1.49. The number of ether oxygens (including phenoxy) is 3. The Morgan fingerprint density at radius 3 is 2.93 bits per heavy atom. The zero-order valence-corrected chi connectivity index (χ0v) is 15.2. The number of para-hydroxylation sites is 1. The van der Waals surface area contributed by atoms with Gasteiger partial charge in [0, 0.05) is 12.7 Å². The van der Waals surface area contributed by atoms with Crippen LogP contribution in [0.25, 0.3) is 0 Å². The Kier molecular flexibility index (Phi) is 4.35. The fourth-order valence-corrected chi connectivity index (χ4v) is 3.32. The minimum Gasteiger partial charge on any atom is -0.493 e. The summed E-state index contributed by atoms with van der Waals surface area (Å²) in [7, 11) is 3.29. The Labute approximate surface area is 156 Å². The largest absolute Gasteiger partial charge is 0.493 e. The summed E-state index contributed by atoms with van der Waals surface area (Å²) < 4.78 is 16.5. The number of carbonyl (C=O) groups excluding carboxylic acids is 2. The number of nitrogens with one attached hydrogen (secondary N) is 1. The molecule has 27 heavy (non-hydrogen) atoms. The van der Waals surface area contributed by atoms with Gasteiger partial charge >= 0.3 is 0 Å². The first kappa shape index (κ1) is 17.2. The third-order valence-corrected chi connectivity index (χ3v) is 4.86. The maximum atomic E-state index is 12.7. The second-order valence-electron chi connectivity index (χ2n) is 6.57. The number of hydrogen-bond donors (Lipinski definition) is 1. The average molecular weight is 368 g/mol. The Bertz CT molecular complexity index is 911. The molecule has 7 heteroatoms. The molecule has 0 saturated carbocycles. The molecule has 2 aromatic rings. The number of hydrogen-bond acceptors (Lipinski definition) is 5. The van der Waals surface area contributed by atoms with Gasteiger partial charge in [0.15, 0.2) is 18.1 Å². The second kappa shape index (κ2) is 6.83. The minimum atomic E-state index is -0.309. The molecule has 0 bridgehead atoms. The van der Waals surface area contributed by atoms with Crippen molar-refractivity contribution in [2.75, 3.05) is 37.6 Å². The molecule has 0 spiro atoms. The summed E-state index contributed by atoms with van der Waals surface area (Å²) >= 11 is 0. The van der Waals surface area contributed by atoms with Crippen LogP contribution in [0, 0.1) is 5.92 Å². The van der Waals surface area contributed by atoms with E-state index in [0.717, 1.165) is 5.56 Å².